The van der Waals surface area contributed by atoms with Gasteiger partial charge in [-0.2, -0.15) is 0 Å². The maximum atomic E-state index is 13.5. The van der Waals surface area contributed by atoms with Crippen molar-refractivity contribution in [2.45, 2.75) is 0 Å². The molecule has 2 N–H and O–H groups in total. The topological polar surface area (TPSA) is 61.0 Å². The minimum absolute atomic E-state index is 0.0683. The lowest BCUT2D eigenvalue weighted by atomic mass is 10.3. The van der Waals surface area contributed by atoms with Crippen LogP contribution in [0.25, 0.3) is 11.0 Å². The Hall–Kier alpha value is -2.69. The third-order valence-corrected chi connectivity index (χ3v) is 2.61. The Labute approximate surface area is 108 Å². The van der Waals surface area contributed by atoms with Gasteiger partial charge in [0.1, 0.15) is 0 Å². The monoisotopic (exact) mass is 255 g/mol. The molecule has 0 saturated heterocycles. The van der Waals surface area contributed by atoms with Crippen molar-refractivity contribution in [3.8, 4) is 11.6 Å². The summed E-state index contributed by atoms with van der Waals surface area (Å²) < 4.78 is 18.9. The fraction of sp³-hybridized carbons (Fsp3) is 0. The van der Waals surface area contributed by atoms with Gasteiger partial charge in [0.25, 0.3) is 5.88 Å². The standard InChI is InChI=1S/C14H10FN3O/c15-9-5-1-4-8-12(9)19-14-13(16)17-10-6-2-3-7-11(10)18-14/h1-8H,(H2,16,17). The lowest BCUT2D eigenvalue weighted by molar-refractivity contribution is 0.430. The van der Waals surface area contributed by atoms with Crippen molar-refractivity contribution < 1.29 is 9.13 Å². The van der Waals surface area contributed by atoms with Gasteiger partial charge in [0.05, 0.1) is 11.0 Å². The Morgan fingerprint density at radius 3 is 2.26 bits per heavy atom. The van der Waals surface area contributed by atoms with Gasteiger partial charge in [-0.15, -0.1) is 0 Å². The fourth-order valence-corrected chi connectivity index (χ4v) is 1.70. The van der Waals surface area contributed by atoms with Crippen LogP contribution in [0.2, 0.25) is 0 Å². The van der Waals surface area contributed by atoms with Crippen molar-refractivity contribution in [2.75, 3.05) is 5.73 Å². The zero-order chi connectivity index (χ0) is 13.2. The molecule has 0 aliphatic heterocycles. The molecule has 3 rings (SSSR count). The summed E-state index contributed by atoms with van der Waals surface area (Å²) in [6.07, 6.45) is 0. The SMILES string of the molecule is Nc1nc2ccccc2nc1Oc1ccccc1F. The minimum atomic E-state index is -0.475. The largest absolute Gasteiger partial charge is 0.433 e. The summed E-state index contributed by atoms with van der Waals surface area (Å²) >= 11 is 0. The maximum absolute atomic E-state index is 13.5. The lowest BCUT2D eigenvalue weighted by Gasteiger charge is -2.08. The summed E-state index contributed by atoms with van der Waals surface area (Å²) in [4.78, 5) is 8.40. The first-order valence-corrected chi connectivity index (χ1v) is 5.69. The highest BCUT2D eigenvalue weighted by atomic mass is 19.1. The van der Waals surface area contributed by atoms with Crippen molar-refractivity contribution in [3.63, 3.8) is 0 Å². The molecule has 0 radical (unpaired) electrons. The minimum Gasteiger partial charge on any atom is -0.433 e. The average molecular weight is 255 g/mol. The molecule has 4 nitrogen and oxygen atoms in total. The summed E-state index contributed by atoms with van der Waals surface area (Å²) in [5, 5.41) is 0. The van der Waals surface area contributed by atoms with E-state index in [0.29, 0.717) is 11.0 Å². The van der Waals surface area contributed by atoms with Crippen LogP contribution < -0.4 is 10.5 Å². The summed E-state index contributed by atoms with van der Waals surface area (Å²) in [5.41, 5.74) is 7.07. The fourth-order valence-electron chi connectivity index (χ4n) is 1.70. The second-order valence-corrected chi connectivity index (χ2v) is 3.94. The molecule has 0 aliphatic rings. The van der Waals surface area contributed by atoms with Crippen LogP contribution in [0.1, 0.15) is 0 Å². The first-order chi connectivity index (χ1) is 9.24. The van der Waals surface area contributed by atoms with Crippen LogP contribution in [0.15, 0.2) is 48.5 Å². The summed E-state index contributed by atoms with van der Waals surface area (Å²) in [6, 6.07) is 13.3. The van der Waals surface area contributed by atoms with Crippen molar-refractivity contribution >= 4 is 16.9 Å². The van der Waals surface area contributed by atoms with E-state index in [1.54, 1.807) is 24.3 Å². The molecule has 0 spiro atoms. The van der Waals surface area contributed by atoms with E-state index in [4.69, 9.17) is 10.5 Å². The Balaban J connectivity index is 2.06. The van der Waals surface area contributed by atoms with Crippen LogP contribution >= 0.6 is 0 Å². The van der Waals surface area contributed by atoms with E-state index in [2.05, 4.69) is 9.97 Å². The van der Waals surface area contributed by atoms with Gasteiger partial charge in [-0.1, -0.05) is 24.3 Å². The van der Waals surface area contributed by atoms with Gasteiger partial charge >= 0.3 is 0 Å². The van der Waals surface area contributed by atoms with Crippen LogP contribution in [-0.4, -0.2) is 9.97 Å². The van der Waals surface area contributed by atoms with Crippen molar-refractivity contribution in [1.29, 1.82) is 0 Å². The quantitative estimate of drug-likeness (QED) is 0.764. The number of halogens is 1. The molecule has 0 fully saturated rings. The van der Waals surface area contributed by atoms with Gasteiger partial charge in [-0.05, 0) is 24.3 Å². The predicted molar refractivity (Wildman–Crippen MR) is 70.4 cm³/mol. The Morgan fingerprint density at radius 2 is 1.53 bits per heavy atom. The van der Waals surface area contributed by atoms with E-state index >= 15 is 0 Å². The van der Waals surface area contributed by atoms with Crippen LogP contribution in [-0.2, 0) is 0 Å². The normalized spacial score (nSPS) is 10.6. The third kappa shape index (κ3) is 2.18. The number of fused-ring (bicyclic) bond motifs is 1. The maximum Gasteiger partial charge on any atom is 0.263 e. The number of ether oxygens (including phenoxy) is 1. The molecule has 3 aromatic rings. The molecule has 0 saturated carbocycles. The number of nitrogens with two attached hydrogens (primary N) is 1. The second kappa shape index (κ2) is 4.53. The van der Waals surface area contributed by atoms with E-state index < -0.39 is 5.82 Å². The number of hydrogen-bond donors (Lipinski definition) is 1. The molecule has 0 atom stereocenters. The molecule has 94 valence electrons. The highest BCUT2D eigenvalue weighted by Crippen LogP contribution is 2.27. The smallest absolute Gasteiger partial charge is 0.263 e. The van der Waals surface area contributed by atoms with Gasteiger partial charge in [0, 0.05) is 0 Å². The Bertz CT molecular complexity index is 746. The molecule has 0 bridgehead atoms. The van der Waals surface area contributed by atoms with E-state index in [9.17, 15) is 4.39 Å². The highest BCUT2D eigenvalue weighted by molar-refractivity contribution is 5.76. The molecule has 0 amide bonds. The molecular weight excluding hydrogens is 245 g/mol. The number of nitrogen functional groups attached to an aromatic ring is 1. The second-order valence-electron chi connectivity index (χ2n) is 3.94. The Morgan fingerprint density at radius 1 is 0.895 bits per heavy atom. The van der Waals surface area contributed by atoms with Crippen molar-refractivity contribution in [2.24, 2.45) is 0 Å². The van der Waals surface area contributed by atoms with Crippen LogP contribution in [0, 0.1) is 5.82 Å². The number of hydrogen-bond acceptors (Lipinski definition) is 4. The Kier molecular flexibility index (Phi) is 2.72. The van der Waals surface area contributed by atoms with Crippen LogP contribution in [0.5, 0.6) is 11.6 Å². The van der Waals surface area contributed by atoms with E-state index in [1.165, 1.54) is 12.1 Å². The van der Waals surface area contributed by atoms with Crippen LogP contribution in [0.3, 0.4) is 0 Å². The lowest BCUT2D eigenvalue weighted by Crippen LogP contribution is -1.99. The number of para-hydroxylation sites is 3. The summed E-state index contributed by atoms with van der Waals surface area (Å²) in [7, 11) is 0. The van der Waals surface area contributed by atoms with Gasteiger partial charge in [-0.3, -0.25) is 0 Å². The number of anilines is 1. The van der Waals surface area contributed by atoms with E-state index in [1.807, 2.05) is 12.1 Å². The average Bonchev–Trinajstić information content (AvgIpc) is 2.42. The number of benzene rings is 2. The number of nitrogens with zero attached hydrogens (tertiary/aromatic N) is 2. The summed E-state index contributed by atoms with van der Waals surface area (Å²) in [5.74, 6) is -0.179. The molecule has 1 aromatic heterocycles. The van der Waals surface area contributed by atoms with E-state index in [0.717, 1.165) is 0 Å². The molecule has 0 unspecified atom stereocenters. The van der Waals surface area contributed by atoms with Crippen LogP contribution in [0.4, 0.5) is 10.2 Å². The molecule has 2 aromatic carbocycles. The number of aromatic nitrogens is 2. The third-order valence-electron chi connectivity index (χ3n) is 2.61. The van der Waals surface area contributed by atoms with Gasteiger partial charge in [-0.25, -0.2) is 14.4 Å². The molecule has 5 heteroatoms. The number of rotatable bonds is 2. The molecular formula is C14H10FN3O. The van der Waals surface area contributed by atoms with Gasteiger partial charge < -0.3 is 10.5 Å². The first-order valence-electron chi connectivity index (χ1n) is 5.69. The predicted octanol–water partition coefficient (Wildman–Crippen LogP) is 3.14. The first kappa shape index (κ1) is 11.4. The molecule has 0 aliphatic carbocycles. The highest BCUT2D eigenvalue weighted by Gasteiger charge is 2.10. The zero-order valence-corrected chi connectivity index (χ0v) is 9.88. The van der Waals surface area contributed by atoms with E-state index in [-0.39, 0.29) is 17.4 Å². The molecule has 1 heterocycles. The zero-order valence-electron chi connectivity index (χ0n) is 9.88. The van der Waals surface area contributed by atoms with Gasteiger partial charge in [0.15, 0.2) is 17.4 Å². The van der Waals surface area contributed by atoms with Crippen molar-refractivity contribution in [1.82, 2.24) is 9.97 Å². The molecule has 19 heavy (non-hydrogen) atoms. The van der Waals surface area contributed by atoms with Gasteiger partial charge in [0.2, 0.25) is 0 Å². The summed E-state index contributed by atoms with van der Waals surface area (Å²) in [6.45, 7) is 0. The van der Waals surface area contributed by atoms with Crippen molar-refractivity contribution in [3.05, 3.63) is 54.3 Å².